The lowest BCUT2D eigenvalue weighted by atomic mass is 10.2. The van der Waals surface area contributed by atoms with Gasteiger partial charge in [0, 0.05) is 21.4 Å². The molecule has 8 heteroatoms. The quantitative estimate of drug-likeness (QED) is 0.529. The van der Waals surface area contributed by atoms with Crippen LogP contribution in [0, 0.1) is 6.92 Å². The van der Waals surface area contributed by atoms with Crippen molar-refractivity contribution in [3.63, 3.8) is 0 Å². The maximum absolute atomic E-state index is 13.3. The molecule has 0 unspecified atom stereocenters. The Morgan fingerprint density at radius 1 is 1.19 bits per heavy atom. The van der Waals surface area contributed by atoms with E-state index in [1.807, 2.05) is 25.9 Å². The molecule has 1 heterocycles. The zero-order chi connectivity index (χ0) is 19.8. The van der Waals surface area contributed by atoms with Gasteiger partial charge in [-0.3, -0.25) is 0 Å². The van der Waals surface area contributed by atoms with Gasteiger partial charge in [0.1, 0.15) is 17.3 Å². The summed E-state index contributed by atoms with van der Waals surface area (Å²) in [5.41, 5.74) is 1.45. The number of fused-ring (bicyclic) bond motifs is 1. The molecule has 5 nitrogen and oxygen atoms in total. The highest BCUT2D eigenvalue weighted by molar-refractivity contribution is 9.10. The van der Waals surface area contributed by atoms with E-state index < -0.39 is 10.0 Å². The number of ether oxygens (including phenoxy) is 1. The van der Waals surface area contributed by atoms with Crippen LogP contribution in [-0.2, 0) is 10.0 Å². The van der Waals surface area contributed by atoms with E-state index in [-0.39, 0.29) is 4.90 Å². The van der Waals surface area contributed by atoms with Crippen LogP contribution in [0.25, 0.3) is 10.9 Å². The lowest BCUT2D eigenvalue weighted by Crippen LogP contribution is -2.19. The molecule has 3 rings (SSSR count). The molecule has 0 spiro atoms. The molecule has 0 amide bonds. The van der Waals surface area contributed by atoms with Gasteiger partial charge in [0.25, 0.3) is 10.0 Å². The zero-order valence-electron chi connectivity index (χ0n) is 15.2. The number of likely N-dealkylation sites (N-methyl/N-ethyl adjacent to an activating group) is 1. The van der Waals surface area contributed by atoms with E-state index in [2.05, 4.69) is 15.9 Å². The van der Waals surface area contributed by atoms with Crippen molar-refractivity contribution in [3.8, 4) is 5.75 Å². The summed E-state index contributed by atoms with van der Waals surface area (Å²) in [6.45, 7) is 3.07. The van der Waals surface area contributed by atoms with Crippen molar-refractivity contribution in [1.29, 1.82) is 0 Å². The molecule has 2 aromatic carbocycles. The monoisotopic (exact) mass is 470 g/mol. The number of hydrogen-bond donors (Lipinski definition) is 0. The molecule has 0 saturated carbocycles. The van der Waals surface area contributed by atoms with E-state index in [0.717, 1.165) is 12.1 Å². The summed E-state index contributed by atoms with van der Waals surface area (Å²) in [4.78, 5) is 2.18. The van der Waals surface area contributed by atoms with Gasteiger partial charge in [-0.1, -0.05) is 17.7 Å². The molecular formula is C19H20BrClN2O3S. The predicted octanol–water partition coefficient (Wildman–Crippen LogP) is 4.54. The highest BCUT2D eigenvalue weighted by Crippen LogP contribution is 2.34. The Morgan fingerprint density at radius 2 is 1.93 bits per heavy atom. The van der Waals surface area contributed by atoms with Gasteiger partial charge >= 0.3 is 0 Å². The fraction of sp³-hybridized carbons (Fsp3) is 0.263. The average Bonchev–Trinajstić information content (AvgIpc) is 2.92. The third kappa shape index (κ3) is 4.16. The number of aromatic nitrogens is 1. The molecule has 3 aromatic rings. The standard InChI is InChI=1S/C19H20BrClN2O3S/c1-13-4-7-19(16(20)10-13)27(24,25)23-12-18(26-9-8-22(2)3)15-6-5-14(21)11-17(15)23/h4-7,10-12H,8-9H2,1-3H3. The van der Waals surface area contributed by atoms with Crippen molar-refractivity contribution in [1.82, 2.24) is 8.87 Å². The van der Waals surface area contributed by atoms with Crippen LogP contribution in [-0.4, -0.2) is 44.5 Å². The third-order valence-electron chi connectivity index (χ3n) is 4.12. The second-order valence-corrected chi connectivity index (χ2v) is 9.62. The van der Waals surface area contributed by atoms with Gasteiger partial charge < -0.3 is 9.64 Å². The topological polar surface area (TPSA) is 51.5 Å². The molecule has 1 aromatic heterocycles. The minimum absolute atomic E-state index is 0.185. The van der Waals surface area contributed by atoms with E-state index in [4.69, 9.17) is 16.3 Å². The summed E-state index contributed by atoms with van der Waals surface area (Å²) in [6, 6.07) is 10.3. The maximum Gasteiger partial charge on any atom is 0.269 e. The van der Waals surface area contributed by atoms with Crippen molar-refractivity contribution in [2.75, 3.05) is 27.2 Å². The zero-order valence-corrected chi connectivity index (χ0v) is 18.4. The molecule has 0 aliphatic carbocycles. The summed E-state index contributed by atoms with van der Waals surface area (Å²) >= 11 is 9.50. The minimum atomic E-state index is -3.83. The molecule has 0 saturated heterocycles. The molecule has 27 heavy (non-hydrogen) atoms. The van der Waals surface area contributed by atoms with Gasteiger partial charge in [-0.05, 0) is 72.8 Å². The molecule has 0 radical (unpaired) electrons. The molecule has 0 aliphatic rings. The van der Waals surface area contributed by atoms with Crippen LogP contribution in [0.15, 0.2) is 52.0 Å². The van der Waals surface area contributed by atoms with Crippen molar-refractivity contribution in [3.05, 3.63) is 57.7 Å². The van der Waals surface area contributed by atoms with E-state index in [0.29, 0.717) is 32.8 Å². The van der Waals surface area contributed by atoms with Gasteiger partial charge in [-0.25, -0.2) is 12.4 Å². The molecule has 0 N–H and O–H groups in total. The second kappa shape index (κ2) is 7.83. The van der Waals surface area contributed by atoms with E-state index >= 15 is 0 Å². The fourth-order valence-corrected chi connectivity index (χ4v) is 5.39. The number of rotatable bonds is 6. The van der Waals surface area contributed by atoms with Crippen molar-refractivity contribution in [2.45, 2.75) is 11.8 Å². The number of nitrogens with zero attached hydrogens (tertiary/aromatic N) is 2. The molecular weight excluding hydrogens is 452 g/mol. The molecule has 0 fully saturated rings. The first-order chi connectivity index (χ1) is 12.7. The summed E-state index contributed by atoms with van der Waals surface area (Å²) in [6.07, 6.45) is 1.51. The minimum Gasteiger partial charge on any atom is -0.490 e. The number of hydrogen-bond acceptors (Lipinski definition) is 4. The Bertz CT molecular complexity index is 1090. The molecule has 0 atom stereocenters. The van der Waals surface area contributed by atoms with Gasteiger partial charge in [-0.2, -0.15) is 0 Å². The molecule has 0 aliphatic heterocycles. The summed E-state index contributed by atoms with van der Waals surface area (Å²) < 4.78 is 34.2. The lowest BCUT2D eigenvalue weighted by Gasteiger charge is -2.10. The number of aryl methyl sites for hydroxylation is 1. The highest BCUT2D eigenvalue weighted by atomic mass is 79.9. The van der Waals surface area contributed by atoms with Gasteiger partial charge in [0.05, 0.1) is 11.7 Å². The average molecular weight is 472 g/mol. The highest BCUT2D eigenvalue weighted by Gasteiger charge is 2.24. The van der Waals surface area contributed by atoms with Crippen molar-refractivity contribution < 1.29 is 13.2 Å². The SMILES string of the molecule is Cc1ccc(S(=O)(=O)n2cc(OCCN(C)C)c3ccc(Cl)cc32)c(Br)c1. The van der Waals surface area contributed by atoms with E-state index in [9.17, 15) is 8.42 Å². The van der Waals surface area contributed by atoms with Gasteiger partial charge in [0.15, 0.2) is 0 Å². The first-order valence-corrected chi connectivity index (χ1v) is 10.9. The van der Waals surface area contributed by atoms with Crippen LogP contribution in [0.5, 0.6) is 5.75 Å². The normalized spacial score (nSPS) is 12.1. The lowest BCUT2D eigenvalue weighted by molar-refractivity contribution is 0.263. The Labute approximate surface area is 172 Å². The number of halogens is 2. The molecule has 144 valence electrons. The van der Waals surface area contributed by atoms with Crippen LogP contribution in [0.2, 0.25) is 5.02 Å². The van der Waals surface area contributed by atoms with E-state index in [1.54, 1.807) is 36.4 Å². The van der Waals surface area contributed by atoms with Crippen LogP contribution >= 0.6 is 27.5 Å². The van der Waals surface area contributed by atoms with Crippen LogP contribution < -0.4 is 4.74 Å². The maximum atomic E-state index is 13.3. The van der Waals surface area contributed by atoms with Gasteiger partial charge in [-0.15, -0.1) is 0 Å². The largest absolute Gasteiger partial charge is 0.490 e. The third-order valence-corrected chi connectivity index (χ3v) is 7.00. The second-order valence-electron chi connectivity index (χ2n) is 6.54. The first kappa shape index (κ1) is 20.2. The Morgan fingerprint density at radius 3 is 2.59 bits per heavy atom. The Balaban J connectivity index is 2.14. The predicted molar refractivity (Wildman–Crippen MR) is 112 cm³/mol. The summed E-state index contributed by atoms with van der Waals surface area (Å²) in [5, 5.41) is 1.16. The number of benzene rings is 2. The fourth-order valence-electron chi connectivity index (χ4n) is 2.71. The van der Waals surface area contributed by atoms with E-state index in [1.165, 1.54) is 10.2 Å². The van der Waals surface area contributed by atoms with Gasteiger partial charge in [0.2, 0.25) is 0 Å². The van der Waals surface area contributed by atoms with Crippen molar-refractivity contribution >= 4 is 48.5 Å². The Hall–Kier alpha value is -1.54. The van der Waals surface area contributed by atoms with Crippen LogP contribution in [0.3, 0.4) is 0 Å². The summed E-state index contributed by atoms with van der Waals surface area (Å²) in [5.74, 6) is 0.510. The Kier molecular flexibility index (Phi) is 5.86. The molecule has 0 bridgehead atoms. The summed E-state index contributed by atoms with van der Waals surface area (Å²) in [7, 11) is 0.0708. The first-order valence-electron chi connectivity index (χ1n) is 8.30. The van der Waals surface area contributed by atoms with Crippen molar-refractivity contribution in [2.24, 2.45) is 0 Å². The van der Waals surface area contributed by atoms with Crippen LogP contribution in [0.1, 0.15) is 5.56 Å². The van der Waals surface area contributed by atoms with Crippen LogP contribution in [0.4, 0.5) is 0 Å². The smallest absolute Gasteiger partial charge is 0.269 e.